The maximum atomic E-state index is 9.16. The number of rotatable bonds is 6. The molecule has 7 heteroatoms. The summed E-state index contributed by atoms with van der Waals surface area (Å²) in [5.74, 6) is 2.60. The second kappa shape index (κ2) is 7.41. The van der Waals surface area contributed by atoms with Crippen LogP contribution >= 0.6 is 11.3 Å². The van der Waals surface area contributed by atoms with Crippen LogP contribution < -0.4 is 4.90 Å². The predicted octanol–water partition coefficient (Wildman–Crippen LogP) is 3.94. The molecule has 144 valence electrons. The Morgan fingerprint density at radius 1 is 1.11 bits per heavy atom. The molecule has 0 saturated carbocycles. The first-order valence-corrected chi connectivity index (χ1v) is 10.5. The van der Waals surface area contributed by atoms with Crippen molar-refractivity contribution in [2.24, 2.45) is 0 Å². The van der Waals surface area contributed by atoms with Gasteiger partial charge >= 0.3 is 0 Å². The van der Waals surface area contributed by atoms with Gasteiger partial charge < -0.3 is 14.4 Å². The van der Waals surface area contributed by atoms with Crippen LogP contribution in [0.4, 0.5) is 5.95 Å². The van der Waals surface area contributed by atoms with E-state index in [9.17, 15) is 0 Å². The van der Waals surface area contributed by atoms with Crippen molar-refractivity contribution in [2.75, 3.05) is 24.6 Å². The molecular formula is C21H22N4O2S. The molecule has 28 heavy (non-hydrogen) atoms. The maximum Gasteiger partial charge on any atom is 0.227 e. The monoisotopic (exact) mass is 394 g/mol. The standard InChI is InChI=1S/C21H22N4O2S/c26-10-7-17-12-15-5-6-16(13-19(15)27-17)20-22-23-21(24-8-1-2-9-24)25(20)14-18-4-3-11-28-18/h3-6,11-13,26H,1-2,7-10,14H2. The van der Waals surface area contributed by atoms with Crippen molar-refractivity contribution >= 4 is 28.3 Å². The zero-order valence-corrected chi connectivity index (χ0v) is 16.4. The first kappa shape index (κ1) is 17.5. The van der Waals surface area contributed by atoms with Crippen molar-refractivity contribution in [3.05, 3.63) is 52.4 Å². The summed E-state index contributed by atoms with van der Waals surface area (Å²) in [6.07, 6.45) is 2.93. The molecule has 0 amide bonds. The Morgan fingerprint density at radius 3 is 2.79 bits per heavy atom. The Kier molecular flexibility index (Phi) is 4.62. The molecule has 1 fully saturated rings. The minimum Gasteiger partial charge on any atom is -0.461 e. The lowest BCUT2D eigenvalue weighted by atomic mass is 10.1. The Labute approximate surface area is 167 Å². The fourth-order valence-corrected chi connectivity index (χ4v) is 4.51. The molecule has 0 unspecified atom stereocenters. The average molecular weight is 395 g/mol. The normalized spacial score (nSPS) is 14.4. The number of aromatic nitrogens is 3. The van der Waals surface area contributed by atoms with E-state index >= 15 is 0 Å². The van der Waals surface area contributed by atoms with E-state index in [1.165, 1.54) is 17.7 Å². The van der Waals surface area contributed by atoms with Crippen LogP contribution in [0.15, 0.2) is 46.2 Å². The van der Waals surface area contributed by atoms with Crippen LogP contribution in [-0.2, 0) is 13.0 Å². The SMILES string of the molecule is OCCc1cc2ccc(-c3nnc(N4CCCC4)n3Cc3cccs3)cc2o1. The minimum absolute atomic E-state index is 0.0843. The van der Waals surface area contributed by atoms with Crippen LogP contribution in [0, 0.1) is 0 Å². The average Bonchev–Trinajstić information content (AvgIpc) is 3.48. The molecule has 4 heterocycles. The lowest BCUT2D eigenvalue weighted by Crippen LogP contribution is -2.22. The van der Waals surface area contributed by atoms with Gasteiger partial charge in [-0.1, -0.05) is 18.2 Å². The fraction of sp³-hybridized carbons (Fsp3) is 0.333. The molecule has 0 spiro atoms. The Balaban J connectivity index is 1.57. The smallest absolute Gasteiger partial charge is 0.227 e. The highest BCUT2D eigenvalue weighted by molar-refractivity contribution is 7.09. The molecule has 0 radical (unpaired) electrons. The van der Waals surface area contributed by atoms with Gasteiger partial charge in [0.1, 0.15) is 11.3 Å². The highest BCUT2D eigenvalue weighted by atomic mass is 32.1. The van der Waals surface area contributed by atoms with Crippen molar-refractivity contribution in [3.8, 4) is 11.4 Å². The van der Waals surface area contributed by atoms with Gasteiger partial charge in [-0.15, -0.1) is 21.5 Å². The molecule has 6 nitrogen and oxygen atoms in total. The van der Waals surface area contributed by atoms with Crippen molar-refractivity contribution in [1.29, 1.82) is 0 Å². The summed E-state index contributed by atoms with van der Waals surface area (Å²) in [7, 11) is 0. The molecule has 0 atom stereocenters. The van der Waals surface area contributed by atoms with Gasteiger partial charge in [-0.3, -0.25) is 4.57 Å². The largest absolute Gasteiger partial charge is 0.461 e. The van der Waals surface area contributed by atoms with Crippen molar-refractivity contribution in [3.63, 3.8) is 0 Å². The van der Waals surface area contributed by atoms with Gasteiger partial charge in [0.2, 0.25) is 5.95 Å². The van der Waals surface area contributed by atoms with Crippen LogP contribution in [0.2, 0.25) is 0 Å². The molecule has 1 aliphatic heterocycles. The molecule has 1 aromatic carbocycles. The van der Waals surface area contributed by atoms with E-state index < -0.39 is 0 Å². The number of benzene rings is 1. The van der Waals surface area contributed by atoms with Gasteiger partial charge in [0.25, 0.3) is 0 Å². The molecule has 1 aliphatic rings. The van der Waals surface area contributed by atoms with Crippen LogP contribution in [-0.4, -0.2) is 39.6 Å². The summed E-state index contributed by atoms with van der Waals surface area (Å²) in [5, 5.41) is 21.4. The number of nitrogens with zero attached hydrogens (tertiary/aromatic N) is 4. The second-order valence-corrected chi connectivity index (χ2v) is 8.15. The molecular weight excluding hydrogens is 372 g/mol. The quantitative estimate of drug-likeness (QED) is 0.537. The van der Waals surface area contributed by atoms with Crippen LogP contribution in [0.25, 0.3) is 22.4 Å². The van der Waals surface area contributed by atoms with E-state index in [0.717, 1.165) is 53.7 Å². The highest BCUT2D eigenvalue weighted by Crippen LogP contribution is 2.30. The van der Waals surface area contributed by atoms with E-state index in [1.54, 1.807) is 11.3 Å². The van der Waals surface area contributed by atoms with Crippen molar-refractivity contribution < 1.29 is 9.52 Å². The van der Waals surface area contributed by atoms with E-state index in [2.05, 4.69) is 49.3 Å². The third-order valence-corrected chi connectivity index (χ3v) is 6.06. The molecule has 0 bridgehead atoms. The van der Waals surface area contributed by atoms with Gasteiger partial charge in [0.15, 0.2) is 5.82 Å². The molecule has 4 aromatic rings. The molecule has 0 aliphatic carbocycles. The summed E-state index contributed by atoms with van der Waals surface area (Å²) in [6.45, 7) is 2.91. The first-order chi connectivity index (χ1) is 13.8. The van der Waals surface area contributed by atoms with Gasteiger partial charge in [0, 0.05) is 35.3 Å². The molecule has 3 aromatic heterocycles. The Bertz CT molecular complexity index is 1080. The van der Waals surface area contributed by atoms with E-state index in [4.69, 9.17) is 9.52 Å². The summed E-state index contributed by atoms with van der Waals surface area (Å²) >= 11 is 1.75. The number of anilines is 1. The Hall–Kier alpha value is -2.64. The first-order valence-electron chi connectivity index (χ1n) is 9.66. The number of furan rings is 1. The van der Waals surface area contributed by atoms with Gasteiger partial charge in [-0.2, -0.15) is 0 Å². The van der Waals surface area contributed by atoms with Gasteiger partial charge in [-0.05, 0) is 36.4 Å². The van der Waals surface area contributed by atoms with E-state index in [1.807, 2.05) is 12.1 Å². The third-order valence-electron chi connectivity index (χ3n) is 5.20. The van der Waals surface area contributed by atoms with Crippen LogP contribution in [0.1, 0.15) is 23.5 Å². The fourth-order valence-electron chi connectivity index (χ4n) is 3.82. The van der Waals surface area contributed by atoms with E-state index in [0.29, 0.717) is 6.42 Å². The lowest BCUT2D eigenvalue weighted by Gasteiger charge is -2.18. The number of aliphatic hydroxyl groups is 1. The number of hydrogen-bond donors (Lipinski definition) is 1. The zero-order chi connectivity index (χ0) is 18.9. The summed E-state index contributed by atoms with van der Waals surface area (Å²) < 4.78 is 8.12. The van der Waals surface area contributed by atoms with Crippen LogP contribution in [0.3, 0.4) is 0 Å². The summed E-state index contributed by atoms with van der Waals surface area (Å²) in [6, 6.07) is 12.4. The third kappa shape index (κ3) is 3.21. The van der Waals surface area contributed by atoms with Crippen molar-refractivity contribution in [2.45, 2.75) is 25.8 Å². The summed E-state index contributed by atoms with van der Waals surface area (Å²) in [4.78, 5) is 3.61. The second-order valence-electron chi connectivity index (χ2n) is 7.12. The maximum absolute atomic E-state index is 9.16. The Morgan fingerprint density at radius 2 is 2.00 bits per heavy atom. The van der Waals surface area contributed by atoms with Crippen LogP contribution in [0.5, 0.6) is 0 Å². The van der Waals surface area contributed by atoms with E-state index in [-0.39, 0.29) is 6.61 Å². The molecule has 1 saturated heterocycles. The van der Waals surface area contributed by atoms with Gasteiger partial charge in [0.05, 0.1) is 13.2 Å². The molecule has 5 rings (SSSR count). The topological polar surface area (TPSA) is 67.3 Å². The highest BCUT2D eigenvalue weighted by Gasteiger charge is 2.22. The predicted molar refractivity (Wildman–Crippen MR) is 111 cm³/mol. The minimum atomic E-state index is 0.0843. The zero-order valence-electron chi connectivity index (χ0n) is 15.5. The lowest BCUT2D eigenvalue weighted by molar-refractivity contribution is 0.289. The number of aliphatic hydroxyl groups excluding tert-OH is 1. The number of thiophene rings is 1. The number of hydrogen-bond acceptors (Lipinski definition) is 6. The number of fused-ring (bicyclic) bond motifs is 1. The summed E-state index contributed by atoms with van der Waals surface area (Å²) in [5.41, 5.74) is 1.81. The molecule has 1 N–H and O–H groups in total. The van der Waals surface area contributed by atoms with Gasteiger partial charge in [-0.25, -0.2) is 0 Å². The van der Waals surface area contributed by atoms with Crippen molar-refractivity contribution in [1.82, 2.24) is 14.8 Å².